The number of ether oxygens (including phenoxy) is 1. The smallest absolute Gasteiger partial charge is 0.247 e. The molecule has 0 saturated heterocycles. The van der Waals surface area contributed by atoms with Crippen molar-refractivity contribution in [1.82, 2.24) is 15.2 Å². The fourth-order valence-corrected chi connectivity index (χ4v) is 3.95. The average molecular weight is 447 g/mol. The summed E-state index contributed by atoms with van der Waals surface area (Å²) in [5, 5.41) is 12.7. The van der Waals surface area contributed by atoms with Crippen LogP contribution in [0.2, 0.25) is 0 Å². The zero-order chi connectivity index (χ0) is 18.6. The number of nitrogens with one attached hydrogen (secondary N) is 1. The second-order valence-electron chi connectivity index (χ2n) is 6.15. The summed E-state index contributed by atoms with van der Waals surface area (Å²) in [5.74, 6) is 2.09. The highest BCUT2D eigenvalue weighted by atomic mass is 79.9. The first-order chi connectivity index (χ1) is 13.2. The number of furan rings is 1. The molecule has 0 aliphatic carbocycles. The number of rotatable bonds is 6. The van der Waals surface area contributed by atoms with Gasteiger partial charge in [0.05, 0.1) is 6.26 Å². The molecule has 0 fully saturated rings. The van der Waals surface area contributed by atoms with Gasteiger partial charge in [0.15, 0.2) is 11.5 Å². The molecule has 6 nitrogen and oxygen atoms in total. The molecule has 3 heterocycles. The van der Waals surface area contributed by atoms with Crippen molar-refractivity contribution in [3.05, 3.63) is 46.8 Å². The Kier molecular flexibility index (Phi) is 5.63. The van der Waals surface area contributed by atoms with Gasteiger partial charge in [-0.3, -0.25) is 0 Å². The van der Waals surface area contributed by atoms with E-state index in [0.717, 1.165) is 27.9 Å². The van der Waals surface area contributed by atoms with Crippen LogP contribution in [0.3, 0.4) is 0 Å². The Morgan fingerprint density at radius 1 is 1.22 bits per heavy atom. The zero-order valence-electron chi connectivity index (χ0n) is 14.8. The molecule has 1 aromatic carbocycles. The number of hydrogen-bond acceptors (Lipinski definition) is 7. The third-order valence-corrected chi connectivity index (χ3v) is 5.59. The van der Waals surface area contributed by atoms with Crippen LogP contribution < -0.4 is 10.1 Å². The predicted octanol–water partition coefficient (Wildman–Crippen LogP) is 5.68. The molecule has 4 rings (SSSR count). The maximum Gasteiger partial charge on any atom is 0.247 e. The van der Waals surface area contributed by atoms with Gasteiger partial charge in [-0.25, -0.2) is 0 Å². The Balaban J connectivity index is 1.70. The second-order valence-corrected chi connectivity index (χ2v) is 8.13. The number of aromatic nitrogens is 3. The topological polar surface area (TPSA) is 73.1 Å². The summed E-state index contributed by atoms with van der Waals surface area (Å²) in [4.78, 5) is 4.63. The van der Waals surface area contributed by atoms with Crippen molar-refractivity contribution in [3.8, 4) is 17.1 Å². The standard InChI is InChI=1S/C19H19BrN4O2S/c1-2-3-4-10-27-19-22-18-16(23-24-19)13-11-12(20)7-8-14(13)21-17(26-18)15-6-5-9-25-15/h5-9,11,17,21H,2-4,10H2,1H3/t17-/m0/s1. The lowest BCUT2D eigenvalue weighted by Gasteiger charge is -2.16. The van der Waals surface area contributed by atoms with Gasteiger partial charge in [0.1, 0.15) is 0 Å². The van der Waals surface area contributed by atoms with Crippen molar-refractivity contribution in [2.75, 3.05) is 11.1 Å². The molecular formula is C19H19BrN4O2S. The summed E-state index contributed by atoms with van der Waals surface area (Å²) in [5.41, 5.74) is 2.39. The van der Waals surface area contributed by atoms with Gasteiger partial charge < -0.3 is 14.5 Å². The summed E-state index contributed by atoms with van der Waals surface area (Å²) in [6, 6.07) is 9.63. The van der Waals surface area contributed by atoms with Crippen molar-refractivity contribution in [2.45, 2.75) is 37.6 Å². The minimum absolute atomic E-state index is 0.453. The SMILES string of the molecule is CCCCCSc1nnc2c(n1)O[C@@H](c1ccco1)Nc1ccc(Br)cc1-2. The Hall–Kier alpha value is -2.06. The fourth-order valence-electron chi connectivity index (χ4n) is 2.82. The van der Waals surface area contributed by atoms with Gasteiger partial charge in [0.25, 0.3) is 0 Å². The molecular weight excluding hydrogens is 428 g/mol. The van der Waals surface area contributed by atoms with Crippen LogP contribution in [0.5, 0.6) is 5.88 Å². The van der Waals surface area contributed by atoms with Crippen LogP contribution >= 0.6 is 27.7 Å². The molecule has 1 N–H and O–H groups in total. The van der Waals surface area contributed by atoms with E-state index in [1.807, 2.05) is 30.3 Å². The van der Waals surface area contributed by atoms with Crippen molar-refractivity contribution in [2.24, 2.45) is 0 Å². The van der Waals surface area contributed by atoms with Gasteiger partial charge in [0.2, 0.25) is 17.3 Å². The Labute approximate surface area is 170 Å². The normalized spacial score (nSPS) is 15.3. The van der Waals surface area contributed by atoms with E-state index in [1.54, 1.807) is 18.0 Å². The number of halogens is 1. The maximum absolute atomic E-state index is 6.14. The molecule has 1 aliphatic heterocycles. The molecule has 8 heteroatoms. The maximum atomic E-state index is 6.14. The first kappa shape index (κ1) is 18.3. The summed E-state index contributed by atoms with van der Waals surface area (Å²) in [6.45, 7) is 2.19. The molecule has 0 saturated carbocycles. The quantitative estimate of drug-likeness (QED) is 0.385. The van der Waals surface area contributed by atoms with Crippen LogP contribution in [0.1, 0.15) is 38.2 Å². The molecule has 140 valence electrons. The highest BCUT2D eigenvalue weighted by Crippen LogP contribution is 2.40. The summed E-state index contributed by atoms with van der Waals surface area (Å²) < 4.78 is 12.6. The van der Waals surface area contributed by atoms with E-state index in [-0.39, 0.29) is 0 Å². The molecule has 0 spiro atoms. The minimum Gasteiger partial charge on any atom is -0.463 e. The van der Waals surface area contributed by atoms with Gasteiger partial charge in [-0.2, -0.15) is 4.98 Å². The van der Waals surface area contributed by atoms with Crippen LogP contribution in [0.15, 0.2) is 50.6 Å². The van der Waals surface area contributed by atoms with E-state index in [0.29, 0.717) is 22.5 Å². The molecule has 3 aromatic rings. The third-order valence-electron chi connectivity index (χ3n) is 4.17. The summed E-state index contributed by atoms with van der Waals surface area (Å²) >= 11 is 5.13. The lowest BCUT2D eigenvalue weighted by Crippen LogP contribution is -2.16. The predicted molar refractivity (Wildman–Crippen MR) is 109 cm³/mol. The van der Waals surface area contributed by atoms with E-state index < -0.39 is 6.23 Å². The Morgan fingerprint density at radius 3 is 2.96 bits per heavy atom. The number of unbranched alkanes of at least 4 members (excludes halogenated alkanes) is 2. The van der Waals surface area contributed by atoms with E-state index in [9.17, 15) is 0 Å². The molecule has 27 heavy (non-hydrogen) atoms. The third kappa shape index (κ3) is 4.11. The monoisotopic (exact) mass is 446 g/mol. The number of nitrogens with zero attached hydrogens (tertiary/aromatic N) is 3. The second kappa shape index (κ2) is 8.31. The summed E-state index contributed by atoms with van der Waals surface area (Å²) in [6.07, 6.45) is 4.66. The number of thioether (sulfide) groups is 1. The molecule has 1 atom stereocenters. The van der Waals surface area contributed by atoms with Crippen LogP contribution in [-0.2, 0) is 0 Å². The van der Waals surface area contributed by atoms with Crippen LogP contribution in [0.4, 0.5) is 5.69 Å². The molecule has 0 radical (unpaired) electrons. The molecule has 2 aromatic heterocycles. The first-order valence-corrected chi connectivity index (χ1v) is 10.7. The van der Waals surface area contributed by atoms with Crippen LogP contribution in [0, 0.1) is 0 Å². The summed E-state index contributed by atoms with van der Waals surface area (Å²) in [7, 11) is 0. The number of hydrogen-bond donors (Lipinski definition) is 1. The highest BCUT2D eigenvalue weighted by Gasteiger charge is 2.27. The van der Waals surface area contributed by atoms with Crippen molar-refractivity contribution in [1.29, 1.82) is 0 Å². The highest BCUT2D eigenvalue weighted by molar-refractivity contribution is 9.10. The minimum atomic E-state index is -0.490. The first-order valence-electron chi connectivity index (χ1n) is 8.88. The van der Waals surface area contributed by atoms with E-state index in [1.165, 1.54) is 12.8 Å². The van der Waals surface area contributed by atoms with Crippen molar-refractivity contribution >= 4 is 33.4 Å². The molecule has 0 bridgehead atoms. The zero-order valence-corrected chi connectivity index (χ0v) is 17.2. The number of benzene rings is 1. The van der Waals surface area contributed by atoms with E-state index in [4.69, 9.17) is 9.15 Å². The van der Waals surface area contributed by atoms with Crippen LogP contribution in [0.25, 0.3) is 11.3 Å². The van der Waals surface area contributed by atoms with Crippen molar-refractivity contribution in [3.63, 3.8) is 0 Å². The lowest BCUT2D eigenvalue weighted by atomic mass is 10.1. The molecule has 1 aliphatic rings. The van der Waals surface area contributed by atoms with E-state index in [2.05, 4.69) is 43.4 Å². The van der Waals surface area contributed by atoms with Gasteiger partial charge in [0, 0.05) is 21.5 Å². The average Bonchev–Trinajstić information content (AvgIpc) is 3.16. The van der Waals surface area contributed by atoms with Gasteiger partial charge in [-0.1, -0.05) is 47.5 Å². The molecule has 0 unspecified atom stereocenters. The van der Waals surface area contributed by atoms with Gasteiger partial charge in [-0.15, -0.1) is 10.2 Å². The number of anilines is 1. The largest absolute Gasteiger partial charge is 0.463 e. The lowest BCUT2D eigenvalue weighted by molar-refractivity contribution is 0.195. The van der Waals surface area contributed by atoms with Gasteiger partial charge in [-0.05, 0) is 36.8 Å². The molecule has 0 amide bonds. The van der Waals surface area contributed by atoms with Crippen molar-refractivity contribution < 1.29 is 9.15 Å². The number of fused-ring (bicyclic) bond motifs is 3. The fraction of sp³-hybridized carbons (Fsp3) is 0.316. The Morgan fingerprint density at radius 2 is 2.15 bits per heavy atom. The van der Waals surface area contributed by atoms with E-state index >= 15 is 0 Å². The Bertz CT molecular complexity index is 920. The van der Waals surface area contributed by atoms with Gasteiger partial charge >= 0.3 is 0 Å². The van der Waals surface area contributed by atoms with Crippen LogP contribution in [-0.4, -0.2) is 20.9 Å².